The first-order valence-electron chi connectivity index (χ1n) is 5.69. The van der Waals surface area contributed by atoms with E-state index in [-0.39, 0.29) is 19.6 Å². The van der Waals surface area contributed by atoms with Gasteiger partial charge in [0.15, 0.2) is 0 Å². The molecule has 7 heteroatoms. The molecule has 0 unspecified atom stereocenters. The number of aliphatic hydroxyl groups is 2. The fourth-order valence-electron chi connectivity index (χ4n) is 0.445. The molecule has 18 heavy (non-hydrogen) atoms. The summed E-state index contributed by atoms with van der Waals surface area (Å²) in [6.45, 7) is 4.14. The van der Waals surface area contributed by atoms with Crippen molar-refractivity contribution in [3.63, 3.8) is 0 Å². The molecule has 0 aromatic rings. The van der Waals surface area contributed by atoms with Crippen LogP contribution in [0.4, 0.5) is 0 Å². The van der Waals surface area contributed by atoms with Crippen molar-refractivity contribution in [2.75, 3.05) is 26.4 Å². The predicted molar refractivity (Wildman–Crippen MR) is 65.5 cm³/mol. The highest BCUT2D eigenvalue weighted by Crippen LogP contribution is 1.82. The smallest absolute Gasteiger partial charge is 0.303 e. The van der Waals surface area contributed by atoms with E-state index in [0.29, 0.717) is 19.6 Å². The van der Waals surface area contributed by atoms with Gasteiger partial charge < -0.3 is 25.2 Å². The van der Waals surface area contributed by atoms with Gasteiger partial charge in [0.1, 0.15) is 0 Å². The Morgan fingerprint density at radius 1 is 0.944 bits per heavy atom. The second-order valence-corrected chi connectivity index (χ2v) is 2.95. The summed E-state index contributed by atoms with van der Waals surface area (Å²) in [6.07, 6.45) is 1.25. The summed E-state index contributed by atoms with van der Waals surface area (Å²) >= 11 is 0. The van der Waals surface area contributed by atoms with Crippen LogP contribution in [0.2, 0.25) is 0 Å². The van der Waals surface area contributed by atoms with Gasteiger partial charge in [-0.15, -0.1) is 0 Å². The second-order valence-electron chi connectivity index (χ2n) is 2.95. The number of hydrogen-bond acceptors (Lipinski definition) is 5. The Morgan fingerprint density at radius 2 is 1.33 bits per heavy atom. The quantitative estimate of drug-likeness (QED) is 0.491. The fraction of sp³-hybridized carbons (Fsp3) is 0.818. The largest absolute Gasteiger partial charge is 0.481 e. The third kappa shape index (κ3) is 46.3. The van der Waals surface area contributed by atoms with E-state index in [1.807, 2.05) is 6.92 Å². The standard InChI is InChI=1S/C4H10O3.C4H8O2.C3H6O2/c5-1-3-7-4-2-6;1-2-3-4(5)6;1-2-3(4)5/h5-6H,1-4H2;2-3H2,1H3,(H,5,6);2H2,1H3,(H,4,5). The van der Waals surface area contributed by atoms with E-state index in [2.05, 4.69) is 4.74 Å². The number of rotatable bonds is 7. The van der Waals surface area contributed by atoms with Crippen molar-refractivity contribution in [2.45, 2.75) is 33.1 Å². The van der Waals surface area contributed by atoms with Gasteiger partial charge in [0, 0.05) is 12.8 Å². The summed E-state index contributed by atoms with van der Waals surface area (Å²) in [5.74, 6) is -1.46. The van der Waals surface area contributed by atoms with E-state index >= 15 is 0 Å². The summed E-state index contributed by atoms with van der Waals surface area (Å²) in [5, 5.41) is 31.8. The van der Waals surface area contributed by atoms with Crippen molar-refractivity contribution in [3.8, 4) is 0 Å². The van der Waals surface area contributed by atoms with Gasteiger partial charge in [0.25, 0.3) is 0 Å². The molecule has 4 N–H and O–H groups in total. The zero-order chi connectivity index (χ0) is 14.8. The number of aliphatic hydroxyl groups excluding tert-OH is 2. The summed E-state index contributed by atoms with van der Waals surface area (Å²) in [7, 11) is 0. The molecule has 0 aliphatic heterocycles. The van der Waals surface area contributed by atoms with E-state index in [9.17, 15) is 9.59 Å². The van der Waals surface area contributed by atoms with Gasteiger partial charge in [-0.05, 0) is 6.42 Å². The highest BCUT2D eigenvalue weighted by Gasteiger charge is 1.87. The van der Waals surface area contributed by atoms with Crippen LogP contribution in [0.25, 0.3) is 0 Å². The SMILES string of the molecule is CCC(=O)O.CCCC(=O)O.OCCOCCO. The Hall–Kier alpha value is -1.18. The number of hydrogen-bond donors (Lipinski definition) is 4. The summed E-state index contributed by atoms with van der Waals surface area (Å²) < 4.78 is 4.63. The van der Waals surface area contributed by atoms with Gasteiger partial charge in [-0.3, -0.25) is 9.59 Å². The molecule has 0 spiro atoms. The van der Waals surface area contributed by atoms with Crippen molar-refractivity contribution in [2.24, 2.45) is 0 Å². The fourth-order valence-corrected chi connectivity index (χ4v) is 0.445. The lowest BCUT2D eigenvalue weighted by atomic mass is 10.4. The Morgan fingerprint density at radius 3 is 1.44 bits per heavy atom. The molecule has 0 radical (unpaired) electrons. The van der Waals surface area contributed by atoms with Crippen LogP contribution in [0.5, 0.6) is 0 Å². The van der Waals surface area contributed by atoms with Crippen LogP contribution in [-0.2, 0) is 14.3 Å². The third-order valence-electron chi connectivity index (χ3n) is 1.24. The van der Waals surface area contributed by atoms with Crippen LogP contribution in [0.15, 0.2) is 0 Å². The number of carboxylic acids is 2. The Bertz CT molecular complexity index is 178. The van der Waals surface area contributed by atoms with E-state index < -0.39 is 11.9 Å². The normalized spacial score (nSPS) is 8.44. The average Bonchev–Trinajstić information content (AvgIpc) is 2.31. The molecule has 0 aliphatic rings. The molecule has 0 heterocycles. The topological polar surface area (TPSA) is 124 Å². The average molecular weight is 268 g/mol. The molecule has 0 aliphatic carbocycles. The molecule has 0 saturated heterocycles. The van der Waals surface area contributed by atoms with Crippen molar-refractivity contribution in [1.82, 2.24) is 0 Å². The lowest BCUT2D eigenvalue weighted by Crippen LogP contribution is -2.03. The highest BCUT2D eigenvalue weighted by atomic mass is 16.5. The number of aliphatic carboxylic acids is 2. The molecule has 0 fully saturated rings. The van der Waals surface area contributed by atoms with Gasteiger partial charge in [0.05, 0.1) is 26.4 Å². The summed E-state index contributed by atoms with van der Waals surface area (Å²) in [5.41, 5.74) is 0. The molecule has 0 saturated carbocycles. The molecule has 0 atom stereocenters. The monoisotopic (exact) mass is 268 g/mol. The minimum absolute atomic E-state index is 0.0278. The minimum atomic E-state index is -0.745. The van der Waals surface area contributed by atoms with Crippen molar-refractivity contribution < 1.29 is 34.8 Å². The Kier molecular flexibility index (Phi) is 25.9. The molecule has 110 valence electrons. The second kappa shape index (κ2) is 21.1. The summed E-state index contributed by atoms with van der Waals surface area (Å²) in [4.78, 5) is 19.0. The molecular weight excluding hydrogens is 244 g/mol. The van der Waals surface area contributed by atoms with Gasteiger partial charge in [0.2, 0.25) is 0 Å². The number of carbonyl (C=O) groups is 2. The van der Waals surface area contributed by atoms with Gasteiger partial charge in [-0.2, -0.15) is 0 Å². The van der Waals surface area contributed by atoms with Crippen LogP contribution in [-0.4, -0.2) is 58.8 Å². The highest BCUT2D eigenvalue weighted by molar-refractivity contribution is 5.66. The first kappa shape index (κ1) is 22.0. The van der Waals surface area contributed by atoms with E-state index in [0.717, 1.165) is 6.42 Å². The Balaban J connectivity index is -0.000000190. The zero-order valence-corrected chi connectivity index (χ0v) is 11.0. The van der Waals surface area contributed by atoms with Crippen molar-refractivity contribution >= 4 is 11.9 Å². The maximum Gasteiger partial charge on any atom is 0.303 e. The van der Waals surface area contributed by atoms with E-state index in [1.54, 1.807) is 6.92 Å². The van der Waals surface area contributed by atoms with Crippen LogP contribution in [0.1, 0.15) is 33.1 Å². The van der Waals surface area contributed by atoms with Crippen molar-refractivity contribution in [1.29, 1.82) is 0 Å². The lowest BCUT2D eigenvalue weighted by molar-refractivity contribution is -0.137. The predicted octanol–water partition coefficient (Wildman–Crippen LogP) is 0.340. The zero-order valence-electron chi connectivity index (χ0n) is 11.0. The molecule has 0 rings (SSSR count). The first-order chi connectivity index (χ1) is 8.45. The van der Waals surface area contributed by atoms with Crippen molar-refractivity contribution in [3.05, 3.63) is 0 Å². The molecule has 0 bridgehead atoms. The maximum absolute atomic E-state index is 9.60. The first-order valence-corrected chi connectivity index (χ1v) is 5.69. The molecule has 0 aromatic heterocycles. The van der Waals surface area contributed by atoms with E-state index in [1.165, 1.54) is 0 Å². The van der Waals surface area contributed by atoms with Crippen LogP contribution in [0.3, 0.4) is 0 Å². The van der Waals surface area contributed by atoms with E-state index in [4.69, 9.17) is 20.4 Å². The van der Waals surface area contributed by atoms with Crippen LogP contribution >= 0.6 is 0 Å². The van der Waals surface area contributed by atoms with Crippen LogP contribution in [0, 0.1) is 0 Å². The van der Waals surface area contributed by atoms with Gasteiger partial charge in [-0.25, -0.2) is 0 Å². The van der Waals surface area contributed by atoms with Crippen LogP contribution < -0.4 is 0 Å². The minimum Gasteiger partial charge on any atom is -0.481 e. The summed E-state index contributed by atoms with van der Waals surface area (Å²) in [6, 6.07) is 0. The third-order valence-corrected chi connectivity index (χ3v) is 1.24. The number of ether oxygens (including phenoxy) is 1. The lowest BCUT2D eigenvalue weighted by Gasteiger charge is -1.94. The molecule has 7 nitrogen and oxygen atoms in total. The number of carboxylic acid groups (broad SMARTS) is 2. The molecule has 0 aromatic carbocycles. The molecule has 0 amide bonds. The Labute approximate surface area is 107 Å². The molecular formula is C11H24O7. The van der Waals surface area contributed by atoms with Gasteiger partial charge in [-0.1, -0.05) is 13.8 Å². The van der Waals surface area contributed by atoms with Gasteiger partial charge >= 0.3 is 11.9 Å². The maximum atomic E-state index is 9.60.